The summed E-state index contributed by atoms with van der Waals surface area (Å²) in [6.45, 7) is 6.91. The molecule has 36 heavy (non-hydrogen) atoms. The molecular formula is C22H52Al2B3NO8. The lowest BCUT2D eigenvalue weighted by atomic mass is 9.38. The molecule has 0 atom stereocenters. The van der Waals surface area contributed by atoms with E-state index in [1.54, 1.807) is 21.3 Å². The summed E-state index contributed by atoms with van der Waals surface area (Å²) >= 11 is -3.55. The van der Waals surface area contributed by atoms with Crippen molar-refractivity contribution in [1.29, 1.82) is 0 Å². The predicted octanol–water partition coefficient (Wildman–Crippen LogP) is 2.38. The molecule has 0 amide bonds. The standard InChI is InChI=1S/C13H30B3O4.C6H14NO.2CH3O.CH2O.2Al/c1-5-15(7-6-14-2)8-9-16(18-4)20-13-12-19-11-10-17-3;1-7(2)5-3-4-6-8;3*1-2;;/h14H,1,5-13H2,2-4H3;3-6H2,1-2H3;2*1H3;1H2;;/q;4*-1;+1;+3. The number of hydrogen-bond donors (Lipinski definition) is 0. The van der Waals surface area contributed by atoms with Gasteiger partial charge in [0.2, 0.25) is 0 Å². The average molecular weight is 545 g/mol. The van der Waals surface area contributed by atoms with Crippen molar-refractivity contribution in [3.63, 3.8) is 0 Å². The molecule has 0 rings (SSSR count). The van der Waals surface area contributed by atoms with Crippen LogP contribution in [-0.4, -0.2) is 143 Å². The number of methoxy groups -OCH3 is 1. The van der Waals surface area contributed by atoms with Gasteiger partial charge in [0, 0.05) is 40.5 Å². The van der Waals surface area contributed by atoms with Crippen molar-refractivity contribution < 1.29 is 33.9 Å². The molecular weight excluding hydrogens is 493 g/mol. The van der Waals surface area contributed by atoms with Gasteiger partial charge in [-0.25, -0.2) is 0 Å². The van der Waals surface area contributed by atoms with E-state index in [0.29, 0.717) is 45.2 Å². The Bertz CT molecular complexity index is 468. The van der Waals surface area contributed by atoms with Crippen molar-refractivity contribution in [2.24, 2.45) is 0 Å². The number of nitrogens with zero attached hydrogens (tertiary/aromatic N) is 1. The van der Waals surface area contributed by atoms with E-state index in [0.717, 1.165) is 43.6 Å². The lowest BCUT2D eigenvalue weighted by Crippen LogP contribution is -2.34. The van der Waals surface area contributed by atoms with Gasteiger partial charge in [0.05, 0.1) is 26.4 Å². The zero-order chi connectivity index (χ0) is 26.9. The second-order valence-corrected chi connectivity index (χ2v) is 13.7. The molecule has 0 bridgehead atoms. The molecule has 0 fully saturated rings. The van der Waals surface area contributed by atoms with Crippen molar-refractivity contribution in [3.05, 3.63) is 0 Å². The molecule has 9 nitrogen and oxygen atoms in total. The first kappa shape index (κ1) is 36.9. The van der Waals surface area contributed by atoms with Crippen molar-refractivity contribution in [1.82, 2.24) is 4.90 Å². The Morgan fingerprint density at radius 1 is 0.806 bits per heavy atom. The minimum Gasteiger partial charge on any atom is -0.502 e. The van der Waals surface area contributed by atoms with E-state index in [1.807, 2.05) is 7.11 Å². The summed E-state index contributed by atoms with van der Waals surface area (Å²) in [5.74, 6) is 0. The highest BCUT2D eigenvalue weighted by Gasteiger charge is 2.33. The van der Waals surface area contributed by atoms with E-state index in [9.17, 15) is 0 Å². The minimum atomic E-state index is -2.08. The van der Waals surface area contributed by atoms with Gasteiger partial charge in [-0.3, -0.25) is 0 Å². The summed E-state index contributed by atoms with van der Waals surface area (Å²) in [5, 5.41) is 1.09. The molecule has 14 heteroatoms. The molecule has 0 aliphatic carbocycles. The SMILES string of the molecule is CBCCB(CCB(OC)OCCOCCOC)C[CH2][Al]([CH2][O][Al]([O]C)[O]CCCCN(C)C)[O]C. The van der Waals surface area contributed by atoms with Gasteiger partial charge < -0.3 is 38.8 Å². The van der Waals surface area contributed by atoms with Gasteiger partial charge in [0.1, 0.15) is 14.0 Å². The Labute approximate surface area is 233 Å². The highest BCUT2D eigenvalue weighted by Crippen LogP contribution is 2.18. The van der Waals surface area contributed by atoms with Crippen LogP contribution in [0.1, 0.15) is 12.8 Å². The maximum atomic E-state index is 6.04. The van der Waals surface area contributed by atoms with Gasteiger partial charge in [0.15, 0.2) is 0 Å². The van der Waals surface area contributed by atoms with Crippen molar-refractivity contribution in [3.8, 4) is 0 Å². The summed E-state index contributed by atoms with van der Waals surface area (Å²) in [7, 11) is 12.1. The molecule has 0 aliphatic heterocycles. The molecule has 0 saturated heterocycles. The normalized spacial score (nSPS) is 11.2. The summed E-state index contributed by atoms with van der Waals surface area (Å²) < 4.78 is 45.1. The third kappa shape index (κ3) is 22.8. The first-order valence-electron chi connectivity index (χ1n) is 13.6. The topological polar surface area (TPSA) is 77.1 Å². The van der Waals surface area contributed by atoms with Crippen LogP contribution >= 0.6 is 0 Å². The lowest BCUT2D eigenvalue weighted by molar-refractivity contribution is 0.0497. The Morgan fingerprint density at radius 3 is 2.22 bits per heavy atom. The number of hydrogen-bond acceptors (Lipinski definition) is 9. The third-order valence-electron chi connectivity index (χ3n) is 6.10. The second kappa shape index (κ2) is 27.5. The van der Waals surface area contributed by atoms with E-state index < -0.39 is 29.6 Å². The third-order valence-corrected chi connectivity index (χ3v) is 10.0. The van der Waals surface area contributed by atoms with Crippen LogP contribution < -0.4 is 0 Å². The van der Waals surface area contributed by atoms with E-state index in [2.05, 4.69) is 25.8 Å². The van der Waals surface area contributed by atoms with Crippen LogP contribution in [0.25, 0.3) is 0 Å². The fourth-order valence-corrected chi connectivity index (χ4v) is 7.42. The largest absolute Gasteiger partial charge is 0.904 e. The number of unbranched alkanes of at least 4 members (excludes halogenated alkanes) is 1. The van der Waals surface area contributed by atoms with Crippen molar-refractivity contribution in [2.45, 2.75) is 56.5 Å². The Hall–Kier alpha value is 0.900. The Balaban J connectivity index is 4.35. The fraction of sp³-hybridized carbons (Fsp3) is 1.00. The van der Waals surface area contributed by atoms with Crippen LogP contribution in [0.3, 0.4) is 0 Å². The monoisotopic (exact) mass is 545 g/mol. The van der Waals surface area contributed by atoms with Gasteiger partial charge in [-0.05, 0) is 39.8 Å². The molecule has 0 spiro atoms. The zero-order valence-electron chi connectivity index (χ0n) is 24.3. The van der Waals surface area contributed by atoms with Crippen LogP contribution in [0.15, 0.2) is 0 Å². The predicted molar refractivity (Wildman–Crippen MR) is 154 cm³/mol. The highest BCUT2D eigenvalue weighted by atomic mass is 27.3. The molecule has 0 N–H and O–H groups in total. The first-order valence-corrected chi connectivity index (χ1v) is 17.2. The smallest absolute Gasteiger partial charge is 0.502 e. The van der Waals surface area contributed by atoms with Crippen LogP contribution in [0, 0.1) is 0 Å². The van der Waals surface area contributed by atoms with Crippen molar-refractivity contribution in [2.75, 3.05) is 87.6 Å². The fourth-order valence-electron chi connectivity index (χ4n) is 3.82. The van der Waals surface area contributed by atoms with Gasteiger partial charge in [0.25, 0.3) is 0 Å². The summed E-state index contributed by atoms with van der Waals surface area (Å²) in [5.41, 5.74) is 0.645. The zero-order valence-corrected chi connectivity index (χ0v) is 26.6. The van der Waals surface area contributed by atoms with Gasteiger partial charge in [-0.2, -0.15) is 0 Å². The average Bonchev–Trinajstić information content (AvgIpc) is 2.88. The second-order valence-electron chi connectivity index (χ2n) is 9.40. The van der Waals surface area contributed by atoms with Crippen LogP contribution in [-0.2, 0) is 33.9 Å². The molecule has 0 aromatic carbocycles. The van der Waals surface area contributed by atoms with Crippen molar-refractivity contribution >= 4 is 50.7 Å². The molecule has 0 saturated carbocycles. The maximum Gasteiger partial charge on any atom is 0.904 e. The molecule has 0 radical (unpaired) electrons. The van der Waals surface area contributed by atoms with Crippen LogP contribution in [0.5, 0.6) is 0 Å². The van der Waals surface area contributed by atoms with Gasteiger partial charge >= 0.3 is 36.8 Å². The van der Waals surface area contributed by atoms with Gasteiger partial charge in [-0.1, -0.05) is 37.4 Å². The van der Waals surface area contributed by atoms with Crippen LogP contribution in [0.2, 0.25) is 43.7 Å². The maximum absolute atomic E-state index is 6.04. The Morgan fingerprint density at radius 2 is 1.58 bits per heavy atom. The molecule has 0 heterocycles. The molecule has 0 unspecified atom stereocenters. The highest BCUT2D eigenvalue weighted by molar-refractivity contribution is 6.64. The lowest BCUT2D eigenvalue weighted by Gasteiger charge is -2.18. The summed E-state index contributed by atoms with van der Waals surface area (Å²) in [6.07, 6.45) is 7.72. The first-order chi connectivity index (χ1) is 17.5. The van der Waals surface area contributed by atoms with Gasteiger partial charge in [-0.15, -0.1) is 0 Å². The summed E-state index contributed by atoms with van der Waals surface area (Å²) in [6, 6.07) is 0. The Kier molecular flexibility index (Phi) is 28.2. The van der Waals surface area contributed by atoms with Crippen LogP contribution in [0.4, 0.5) is 0 Å². The van der Waals surface area contributed by atoms with E-state index in [1.165, 1.54) is 19.9 Å². The quantitative estimate of drug-likeness (QED) is 0.109. The number of rotatable bonds is 28. The van der Waals surface area contributed by atoms with E-state index in [-0.39, 0.29) is 7.12 Å². The molecule has 208 valence electrons. The number of ether oxygens (including phenoxy) is 2. The van der Waals surface area contributed by atoms with E-state index >= 15 is 0 Å². The minimum absolute atomic E-state index is 0.192. The molecule has 0 aromatic heterocycles. The van der Waals surface area contributed by atoms with E-state index in [4.69, 9.17) is 33.9 Å². The summed E-state index contributed by atoms with van der Waals surface area (Å²) in [4.78, 5) is 2.19. The molecule has 0 aromatic rings. The molecule has 0 aliphatic rings.